The van der Waals surface area contributed by atoms with Crippen LogP contribution >= 0.6 is 0 Å². The van der Waals surface area contributed by atoms with Gasteiger partial charge in [-0.15, -0.1) is 0 Å². The predicted molar refractivity (Wildman–Crippen MR) is 119 cm³/mol. The van der Waals surface area contributed by atoms with Gasteiger partial charge in [0.2, 0.25) is 0 Å². The molecule has 0 aliphatic carbocycles. The van der Waals surface area contributed by atoms with Crippen LogP contribution in [-0.2, 0) is 9.73 Å². The summed E-state index contributed by atoms with van der Waals surface area (Å²) in [5.74, 6) is 0.350. The van der Waals surface area contributed by atoms with Crippen molar-refractivity contribution < 1.29 is 18.4 Å². The first kappa shape index (κ1) is 21.4. The van der Waals surface area contributed by atoms with Crippen molar-refractivity contribution in [3.05, 3.63) is 48.0 Å². The topological polar surface area (TPSA) is 109 Å². The van der Waals surface area contributed by atoms with E-state index in [0.29, 0.717) is 35.8 Å². The molecule has 10 heteroatoms. The van der Waals surface area contributed by atoms with Crippen LogP contribution in [0.1, 0.15) is 5.56 Å². The van der Waals surface area contributed by atoms with Gasteiger partial charge in [-0.3, -0.25) is 0 Å². The SMILES string of the molecule is Cc1cc(N=S(C)(C)=O)cc2ncnc(Nc3ccc(F)cc3O[C@@H]3CNC[C@H]3O)c12. The molecule has 0 bridgehead atoms. The molecule has 0 saturated carbocycles. The molecule has 0 spiro atoms. The smallest absolute Gasteiger partial charge is 0.146 e. The normalized spacial score (nSPS) is 18.9. The zero-order valence-corrected chi connectivity index (χ0v) is 18.2. The summed E-state index contributed by atoms with van der Waals surface area (Å²) in [6.07, 6.45) is 3.41. The molecule has 8 nitrogen and oxygen atoms in total. The van der Waals surface area contributed by atoms with Gasteiger partial charge in [0.1, 0.15) is 35.9 Å². The van der Waals surface area contributed by atoms with Crippen LogP contribution in [0.4, 0.5) is 21.6 Å². The van der Waals surface area contributed by atoms with Crippen LogP contribution in [0.5, 0.6) is 5.75 Å². The first-order valence-electron chi connectivity index (χ1n) is 9.74. The fourth-order valence-corrected chi connectivity index (χ4v) is 4.14. The molecule has 1 saturated heterocycles. The molecule has 2 atom stereocenters. The molecule has 1 aromatic heterocycles. The molecule has 31 heavy (non-hydrogen) atoms. The van der Waals surface area contributed by atoms with Crippen molar-refractivity contribution in [1.29, 1.82) is 0 Å². The fraction of sp³-hybridized carbons (Fsp3) is 0.333. The zero-order chi connectivity index (χ0) is 22.2. The number of nitrogens with zero attached hydrogens (tertiary/aromatic N) is 3. The number of aromatic nitrogens is 2. The monoisotopic (exact) mass is 445 g/mol. The van der Waals surface area contributed by atoms with Crippen LogP contribution in [0.25, 0.3) is 10.9 Å². The Labute approximate surface area is 180 Å². The van der Waals surface area contributed by atoms with Crippen molar-refractivity contribution >= 4 is 37.8 Å². The minimum Gasteiger partial charge on any atom is -0.484 e. The number of hydrogen-bond donors (Lipinski definition) is 3. The third-order valence-corrected chi connectivity index (χ3v) is 5.50. The van der Waals surface area contributed by atoms with Crippen molar-refractivity contribution in [3.8, 4) is 5.75 Å². The van der Waals surface area contributed by atoms with Crippen molar-refractivity contribution in [2.24, 2.45) is 4.36 Å². The number of fused-ring (bicyclic) bond motifs is 1. The molecule has 1 fully saturated rings. The molecule has 0 unspecified atom stereocenters. The highest BCUT2D eigenvalue weighted by Crippen LogP contribution is 2.34. The average molecular weight is 446 g/mol. The quantitative estimate of drug-likeness (QED) is 0.554. The van der Waals surface area contributed by atoms with E-state index in [4.69, 9.17) is 4.74 Å². The molecule has 2 aromatic carbocycles. The van der Waals surface area contributed by atoms with Gasteiger partial charge in [-0.1, -0.05) is 0 Å². The Morgan fingerprint density at radius 2 is 2.06 bits per heavy atom. The summed E-state index contributed by atoms with van der Waals surface area (Å²) in [7, 11) is -2.31. The Morgan fingerprint density at radius 3 is 2.77 bits per heavy atom. The summed E-state index contributed by atoms with van der Waals surface area (Å²) in [5, 5.41) is 17.0. The predicted octanol–water partition coefficient (Wildman–Crippen LogP) is 2.89. The highest BCUT2D eigenvalue weighted by atomic mass is 32.2. The molecule has 3 aromatic rings. The number of aliphatic hydroxyl groups excluding tert-OH is 1. The molecular weight excluding hydrogens is 421 g/mol. The third-order valence-electron chi connectivity index (χ3n) is 4.85. The van der Waals surface area contributed by atoms with E-state index in [1.165, 1.54) is 18.5 Å². The number of β-amino-alcohol motifs (C(OH)–C–C–N with tert-alkyl or cyclic N) is 1. The average Bonchev–Trinajstić information content (AvgIpc) is 3.07. The summed E-state index contributed by atoms with van der Waals surface area (Å²) in [6, 6.07) is 7.75. The Morgan fingerprint density at radius 1 is 1.26 bits per heavy atom. The van der Waals surface area contributed by atoms with Crippen LogP contribution in [0.15, 0.2) is 41.0 Å². The fourth-order valence-electron chi connectivity index (χ4n) is 3.52. The number of ether oxygens (including phenoxy) is 1. The van der Waals surface area contributed by atoms with Crippen molar-refractivity contribution in [2.45, 2.75) is 19.1 Å². The molecule has 2 heterocycles. The van der Waals surface area contributed by atoms with Crippen LogP contribution in [0, 0.1) is 12.7 Å². The van der Waals surface area contributed by atoms with E-state index >= 15 is 0 Å². The molecule has 0 amide bonds. The lowest BCUT2D eigenvalue weighted by molar-refractivity contribution is 0.0740. The molecule has 4 rings (SSSR count). The lowest BCUT2D eigenvalue weighted by Crippen LogP contribution is -2.30. The third kappa shape index (κ3) is 4.92. The minimum atomic E-state index is -2.31. The van der Waals surface area contributed by atoms with Crippen LogP contribution < -0.4 is 15.4 Å². The standard InChI is InChI=1S/C21H24FN5O3S/c1-12-6-14(27-31(2,3)29)8-16-20(12)21(25-11-24-16)26-15-5-4-13(22)7-18(15)30-19-10-23-9-17(19)28/h4-8,11,17,19,23,28H,9-10H2,1-3H3,(H,24,25,26)/t17-,19-/m1/s1. The van der Waals surface area contributed by atoms with Crippen molar-refractivity contribution in [3.63, 3.8) is 0 Å². The Balaban J connectivity index is 1.73. The summed E-state index contributed by atoms with van der Waals surface area (Å²) in [6.45, 7) is 2.79. The first-order chi connectivity index (χ1) is 14.7. The Hall–Kier alpha value is -2.82. The number of hydrogen-bond acceptors (Lipinski definition) is 8. The first-order valence-corrected chi connectivity index (χ1v) is 12.1. The Bertz CT molecular complexity index is 1250. The number of aryl methyl sites for hydroxylation is 1. The highest BCUT2D eigenvalue weighted by molar-refractivity contribution is 7.92. The molecular formula is C21H24FN5O3S. The Kier molecular flexibility index (Phi) is 5.78. The van der Waals surface area contributed by atoms with Crippen LogP contribution in [0.2, 0.25) is 0 Å². The summed E-state index contributed by atoms with van der Waals surface area (Å²) in [5.41, 5.74) is 2.58. The van der Waals surface area contributed by atoms with Gasteiger partial charge in [-0.05, 0) is 36.8 Å². The van der Waals surface area contributed by atoms with Crippen LogP contribution in [-0.4, -0.2) is 57.1 Å². The zero-order valence-electron chi connectivity index (χ0n) is 17.4. The molecule has 3 N–H and O–H groups in total. The summed E-state index contributed by atoms with van der Waals surface area (Å²) >= 11 is 0. The van der Waals surface area contributed by atoms with E-state index in [1.54, 1.807) is 24.6 Å². The van der Waals surface area contributed by atoms with E-state index in [0.717, 1.165) is 10.9 Å². The number of nitrogens with one attached hydrogen (secondary N) is 2. The van der Waals surface area contributed by atoms with Gasteiger partial charge in [0.05, 0.1) is 16.9 Å². The number of benzene rings is 2. The highest BCUT2D eigenvalue weighted by Gasteiger charge is 2.27. The molecule has 0 radical (unpaired) electrons. The van der Waals surface area contributed by atoms with E-state index < -0.39 is 27.8 Å². The maximum absolute atomic E-state index is 13.9. The van der Waals surface area contributed by atoms with E-state index in [2.05, 4.69) is 25.0 Å². The number of aliphatic hydroxyl groups is 1. The van der Waals surface area contributed by atoms with Gasteiger partial charge in [0, 0.05) is 46.8 Å². The summed E-state index contributed by atoms with van der Waals surface area (Å²) < 4.78 is 36.1. The maximum atomic E-state index is 13.9. The number of halogens is 1. The lowest BCUT2D eigenvalue weighted by Gasteiger charge is -2.20. The van der Waals surface area contributed by atoms with Crippen molar-refractivity contribution in [2.75, 3.05) is 30.9 Å². The number of anilines is 2. The number of rotatable bonds is 5. The summed E-state index contributed by atoms with van der Waals surface area (Å²) in [4.78, 5) is 8.69. The second kappa shape index (κ2) is 8.37. The van der Waals surface area contributed by atoms with E-state index in [-0.39, 0.29) is 5.75 Å². The van der Waals surface area contributed by atoms with Crippen LogP contribution in [0.3, 0.4) is 0 Å². The second-order valence-electron chi connectivity index (χ2n) is 7.80. The second-order valence-corrected chi connectivity index (χ2v) is 10.3. The maximum Gasteiger partial charge on any atom is 0.146 e. The van der Waals surface area contributed by atoms with Gasteiger partial charge >= 0.3 is 0 Å². The molecule has 1 aliphatic rings. The van der Waals surface area contributed by atoms with Gasteiger partial charge in [-0.2, -0.15) is 4.36 Å². The van der Waals surface area contributed by atoms with Gasteiger partial charge in [0.15, 0.2) is 0 Å². The van der Waals surface area contributed by atoms with E-state index in [9.17, 15) is 13.7 Å². The largest absolute Gasteiger partial charge is 0.484 e. The van der Waals surface area contributed by atoms with Gasteiger partial charge in [0.25, 0.3) is 0 Å². The molecule has 1 aliphatic heterocycles. The minimum absolute atomic E-state index is 0.278. The van der Waals surface area contributed by atoms with Crippen molar-refractivity contribution in [1.82, 2.24) is 15.3 Å². The molecule has 164 valence electrons. The van der Waals surface area contributed by atoms with E-state index in [1.807, 2.05) is 13.0 Å². The van der Waals surface area contributed by atoms with Gasteiger partial charge in [-0.25, -0.2) is 18.6 Å². The van der Waals surface area contributed by atoms with Gasteiger partial charge < -0.3 is 20.5 Å². The lowest BCUT2D eigenvalue weighted by atomic mass is 10.1.